The Morgan fingerprint density at radius 1 is 1.06 bits per heavy atom. The Balaban J connectivity index is 2.05. The Morgan fingerprint density at radius 3 is 2.06 bits per heavy atom. The van der Waals surface area contributed by atoms with Crippen LogP contribution < -0.4 is 16.4 Å². The molecule has 0 aromatic heterocycles. The van der Waals surface area contributed by atoms with E-state index in [1.54, 1.807) is 20.8 Å². The molecule has 32 heavy (non-hydrogen) atoms. The first kappa shape index (κ1) is 25.8. The molecule has 1 aromatic rings. The van der Waals surface area contributed by atoms with Gasteiger partial charge in [-0.25, -0.2) is 4.79 Å². The van der Waals surface area contributed by atoms with Crippen molar-refractivity contribution in [2.45, 2.75) is 76.1 Å². The summed E-state index contributed by atoms with van der Waals surface area (Å²) in [4.78, 5) is 24.4. The van der Waals surface area contributed by atoms with Gasteiger partial charge in [-0.3, -0.25) is 4.79 Å². The van der Waals surface area contributed by atoms with Gasteiger partial charge in [0.2, 0.25) is 5.91 Å². The molecule has 1 saturated carbocycles. The van der Waals surface area contributed by atoms with Gasteiger partial charge in [-0.15, -0.1) is 0 Å². The lowest BCUT2D eigenvalue weighted by Gasteiger charge is -2.24. The number of amides is 2. The van der Waals surface area contributed by atoms with Crippen molar-refractivity contribution in [2.24, 2.45) is 5.73 Å². The first-order chi connectivity index (χ1) is 14.4. The van der Waals surface area contributed by atoms with Crippen LogP contribution in [0, 0.1) is 0 Å². The van der Waals surface area contributed by atoms with E-state index in [4.69, 9.17) is 10.5 Å². The van der Waals surface area contributed by atoms with Crippen LogP contribution in [0.1, 0.15) is 56.7 Å². The second-order valence-corrected chi connectivity index (χ2v) is 8.84. The van der Waals surface area contributed by atoms with Crippen molar-refractivity contribution >= 4 is 12.0 Å². The maximum atomic E-state index is 13.0. The molecule has 1 fully saturated rings. The highest BCUT2D eigenvalue weighted by molar-refractivity contribution is 5.86. The van der Waals surface area contributed by atoms with Crippen LogP contribution >= 0.6 is 0 Å². The zero-order valence-corrected chi connectivity index (χ0v) is 17.7. The molecular formula is C20H25F6N3O3. The Morgan fingerprint density at radius 2 is 1.59 bits per heavy atom. The van der Waals surface area contributed by atoms with Crippen molar-refractivity contribution in [3.05, 3.63) is 34.9 Å². The van der Waals surface area contributed by atoms with Crippen LogP contribution in [0.3, 0.4) is 0 Å². The van der Waals surface area contributed by atoms with Crippen LogP contribution in [0.15, 0.2) is 18.2 Å². The third kappa shape index (κ3) is 7.01. The van der Waals surface area contributed by atoms with E-state index in [-0.39, 0.29) is 24.5 Å². The summed E-state index contributed by atoms with van der Waals surface area (Å²) in [5.41, 5.74) is 0.624. The highest BCUT2D eigenvalue weighted by Gasteiger charge is 2.43. The van der Waals surface area contributed by atoms with Gasteiger partial charge >= 0.3 is 18.4 Å². The fraction of sp³-hybridized carbons (Fsp3) is 0.600. The Hall–Kier alpha value is -2.50. The number of alkyl carbamates (subject to hydrolysis) is 1. The number of alkyl halides is 6. The number of ether oxygens (including phenoxy) is 1. The quantitative estimate of drug-likeness (QED) is 0.579. The largest absolute Gasteiger partial charge is 0.444 e. The van der Waals surface area contributed by atoms with Crippen LogP contribution in [0.5, 0.6) is 0 Å². The molecule has 1 aliphatic carbocycles. The molecule has 180 valence electrons. The van der Waals surface area contributed by atoms with Crippen molar-refractivity contribution in [3.8, 4) is 0 Å². The number of carbonyl (C=O) groups is 2. The topological polar surface area (TPSA) is 93.4 Å². The number of hydrogen-bond acceptors (Lipinski definition) is 4. The van der Waals surface area contributed by atoms with Gasteiger partial charge in [0.15, 0.2) is 0 Å². The molecule has 1 aliphatic rings. The Labute approximate surface area is 180 Å². The van der Waals surface area contributed by atoms with Crippen LogP contribution in [0.4, 0.5) is 31.1 Å². The molecule has 6 nitrogen and oxygen atoms in total. The molecule has 2 amide bonds. The predicted octanol–water partition coefficient (Wildman–Crippen LogP) is 4.12. The average Bonchev–Trinajstić information content (AvgIpc) is 2.98. The van der Waals surface area contributed by atoms with E-state index in [0.29, 0.717) is 18.6 Å². The predicted molar refractivity (Wildman–Crippen MR) is 102 cm³/mol. The van der Waals surface area contributed by atoms with E-state index < -0.39 is 59.2 Å². The number of carbonyl (C=O) groups excluding carboxylic acids is 2. The second kappa shape index (κ2) is 8.80. The summed E-state index contributed by atoms with van der Waals surface area (Å²) < 4.78 is 83.0. The maximum absolute atomic E-state index is 13.0. The second-order valence-electron chi connectivity index (χ2n) is 8.84. The molecule has 0 spiro atoms. The first-order valence-electron chi connectivity index (χ1n) is 9.74. The summed E-state index contributed by atoms with van der Waals surface area (Å²) in [6.07, 6.45) is -10.1. The molecule has 12 heteroatoms. The normalized spacial score (nSPS) is 21.9. The summed E-state index contributed by atoms with van der Waals surface area (Å²) in [6, 6.07) is 0.631. The van der Waals surface area contributed by atoms with E-state index in [1.165, 1.54) is 0 Å². The summed E-state index contributed by atoms with van der Waals surface area (Å²) >= 11 is 0. The van der Waals surface area contributed by atoms with Crippen LogP contribution in [-0.4, -0.2) is 29.2 Å². The lowest BCUT2D eigenvalue weighted by atomic mass is 9.97. The smallest absolute Gasteiger partial charge is 0.416 e. The fourth-order valence-electron chi connectivity index (χ4n) is 3.36. The molecule has 0 bridgehead atoms. The average molecular weight is 469 g/mol. The van der Waals surface area contributed by atoms with Crippen molar-refractivity contribution in [3.63, 3.8) is 0 Å². The van der Waals surface area contributed by atoms with Gasteiger partial charge < -0.3 is 21.1 Å². The van der Waals surface area contributed by atoms with Crippen molar-refractivity contribution in [1.82, 2.24) is 10.6 Å². The van der Waals surface area contributed by atoms with Crippen molar-refractivity contribution in [2.75, 3.05) is 0 Å². The minimum absolute atomic E-state index is 0.0135. The lowest BCUT2D eigenvalue weighted by molar-refractivity contribution is -0.143. The van der Waals surface area contributed by atoms with E-state index in [9.17, 15) is 35.9 Å². The standard InChI is InChI=1S/C20H25F6N3O3/c1-17(2,3)32-16(31)29-14-4-5-18(27,9-14)15(30)28-10-11-6-12(19(21,22)23)8-13(7-11)20(24,25)26/h6-8,14H,4-5,9-10,27H2,1-3H3,(H,28,30)(H,29,31)/t14-,18-/m1/s1. The summed E-state index contributed by atoms with van der Waals surface area (Å²) in [5.74, 6) is -0.739. The van der Waals surface area contributed by atoms with E-state index in [0.717, 1.165) is 0 Å². The van der Waals surface area contributed by atoms with Gasteiger partial charge in [0.1, 0.15) is 5.60 Å². The maximum Gasteiger partial charge on any atom is 0.416 e. The lowest BCUT2D eigenvalue weighted by Crippen LogP contribution is -2.53. The molecule has 0 saturated heterocycles. The molecule has 2 rings (SSSR count). The zero-order valence-electron chi connectivity index (χ0n) is 17.7. The molecule has 0 radical (unpaired) electrons. The third-order valence-electron chi connectivity index (χ3n) is 4.82. The minimum Gasteiger partial charge on any atom is -0.444 e. The van der Waals surface area contributed by atoms with E-state index in [2.05, 4.69) is 10.6 Å². The van der Waals surface area contributed by atoms with Gasteiger partial charge in [0.05, 0.1) is 16.7 Å². The molecule has 1 aromatic carbocycles. The number of rotatable bonds is 4. The van der Waals surface area contributed by atoms with Gasteiger partial charge in [-0.05, 0) is 63.8 Å². The Bertz CT molecular complexity index is 831. The van der Waals surface area contributed by atoms with Gasteiger partial charge in [0, 0.05) is 12.6 Å². The SMILES string of the molecule is CC(C)(C)OC(=O)N[C@@H]1CC[C@](N)(C(=O)NCc2cc(C(F)(F)F)cc(C(F)(F)F)c2)C1. The summed E-state index contributed by atoms with van der Waals surface area (Å²) in [7, 11) is 0. The number of nitrogens with one attached hydrogen (secondary N) is 2. The van der Waals surface area contributed by atoms with Gasteiger partial charge in [0.25, 0.3) is 0 Å². The molecular weight excluding hydrogens is 444 g/mol. The number of halogens is 6. The van der Waals surface area contributed by atoms with E-state index in [1.807, 2.05) is 0 Å². The fourth-order valence-corrected chi connectivity index (χ4v) is 3.36. The zero-order chi connectivity index (χ0) is 24.5. The first-order valence-corrected chi connectivity index (χ1v) is 9.74. The Kier molecular flexibility index (Phi) is 7.08. The number of nitrogens with two attached hydrogens (primary N) is 1. The highest BCUT2D eigenvalue weighted by atomic mass is 19.4. The highest BCUT2D eigenvalue weighted by Crippen LogP contribution is 2.36. The molecule has 4 N–H and O–H groups in total. The van der Waals surface area contributed by atoms with Crippen molar-refractivity contribution < 1.29 is 40.7 Å². The van der Waals surface area contributed by atoms with Crippen molar-refractivity contribution in [1.29, 1.82) is 0 Å². The van der Waals surface area contributed by atoms with Crippen LogP contribution in [0.25, 0.3) is 0 Å². The molecule has 0 aliphatic heterocycles. The van der Waals surface area contributed by atoms with Crippen LogP contribution in [0.2, 0.25) is 0 Å². The number of hydrogen-bond donors (Lipinski definition) is 3. The summed E-state index contributed by atoms with van der Waals surface area (Å²) in [6.45, 7) is 4.47. The molecule has 0 heterocycles. The number of benzene rings is 1. The van der Waals surface area contributed by atoms with E-state index >= 15 is 0 Å². The summed E-state index contributed by atoms with van der Waals surface area (Å²) in [5, 5.41) is 4.90. The third-order valence-corrected chi connectivity index (χ3v) is 4.82. The van der Waals surface area contributed by atoms with Gasteiger partial charge in [-0.2, -0.15) is 26.3 Å². The molecule has 2 atom stereocenters. The van der Waals surface area contributed by atoms with Gasteiger partial charge in [-0.1, -0.05) is 0 Å². The minimum atomic E-state index is -4.99. The van der Waals surface area contributed by atoms with Crippen LogP contribution in [-0.2, 0) is 28.4 Å². The monoisotopic (exact) mass is 469 g/mol. The molecule has 0 unspecified atom stereocenters.